The fourth-order valence-corrected chi connectivity index (χ4v) is 5.53. The number of fused-ring (bicyclic) bond motifs is 1. The molecule has 0 aliphatic heterocycles. The molecule has 0 bridgehead atoms. The Morgan fingerprint density at radius 1 is 1.10 bits per heavy atom. The van der Waals surface area contributed by atoms with Crippen LogP contribution in [0.1, 0.15) is 86.5 Å². The topological polar surface area (TPSA) is 90.8 Å². The SMILES string of the molecule is CC.CC.COc1c(C#N)cccc1-c1[nH]c(C)cc1C(=O)NCC1CCC(c2ccnc3ccc(F)cc23)CC1. The third kappa shape index (κ3) is 7.13. The number of hydrogen-bond donors (Lipinski definition) is 2. The zero-order chi connectivity index (χ0) is 29.9. The number of carbonyl (C=O) groups excluding carboxylic acids is 1. The summed E-state index contributed by atoms with van der Waals surface area (Å²) in [4.78, 5) is 20.9. The molecule has 2 aromatic heterocycles. The second kappa shape index (κ2) is 15.0. The lowest BCUT2D eigenvalue weighted by Gasteiger charge is -2.29. The van der Waals surface area contributed by atoms with Crippen molar-refractivity contribution < 1.29 is 13.9 Å². The Labute approximate surface area is 243 Å². The number of H-pyrrole nitrogens is 1. The number of aromatic nitrogens is 2. The van der Waals surface area contributed by atoms with Gasteiger partial charge in [0.15, 0.2) is 0 Å². The Morgan fingerprint density at radius 2 is 1.83 bits per heavy atom. The summed E-state index contributed by atoms with van der Waals surface area (Å²) >= 11 is 0. The van der Waals surface area contributed by atoms with Gasteiger partial charge in [0.25, 0.3) is 5.91 Å². The molecule has 0 atom stereocenters. The van der Waals surface area contributed by atoms with Crippen molar-refractivity contribution in [3.05, 3.63) is 82.9 Å². The highest BCUT2D eigenvalue weighted by molar-refractivity contribution is 6.01. The summed E-state index contributed by atoms with van der Waals surface area (Å²) in [5.74, 6) is 0.793. The first-order valence-corrected chi connectivity index (χ1v) is 14.6. The van der Waals surface area contributed by atoms with Gasteiger partial charge in [-0.25, -0.2) is 4.39 Å². The van der Waals surface area contributed by atoms with Gasteiger partial charge in [-0.3, -0.25) is 9.78 Å². The highest BCUT2D eigenvalue weighted by Gasteiger charge is 2.25. The number of aryl methyl sites for hydroxylation is 1. The number of nitrogens with zero attached hydrogens (tertiary/aromatic N) is 2. The summed E-state index contributed by atoms with van der Waals surface area (Å²) in [6.07, 6.45) is 5.76. The van der Waals surface area contributed by atoms with Crippen molar-refractivity contribution in [3.63, 3.8) is 0 Å². The first-order valence-electron chi connectivity index (χ1n) is 14.6. The van der Waals surface area contributed by atoms with Gasteiger partial charge in [0.05, 0.1) is 29.4 Å². The van der Waals surface area contributed by atoms with Crippen molar-refractivity contribution in [3.8, 4) is 23.1 Å². The molecule has 216 valence electrons. The number of amides is 1. The van der Waals surface area contributed by atoms with Crippen molar-refractivity contribution in [1.82, 2.24) is 15.3 Å². The summed E-state index contributed by atoms with van der Waals surface area (Å²) in [5, 5.41) is 13.5. The molecule has 1 aliphatic carbocycles. The van der Waals surface area contributed by atoms with Gasteiger partial charge >= 0.3 is 0 Å². The van der Waals surface area contributed by atoms with Gasteiger partial charge in [0.2, 0.25) is 0 Å². The highest BCUT2D eigenvalue weighted by Crippen LogP contribution is 2.39. The van der Waals surface area contributed by atoms with Crippen LogP contribution < -0.4 is 10.1 Å². The van der Waals surface area contributed by atoms with E-state index in [-0.39, 0.29) is 11.7 Å². The van der Waals surface area contributed by atoms with E-state index in [0.29, 0.717) is 46.5 Å². The maximum Gasteiger partial charge on any atom is 0.253 e. The molecule has 0 unspecified atom stereocenters. The molecular formula is C34H41FN4O2. The van der Waals surface area contributed by atoms with Crippen LogP contribution in [0.25, 0.3) is 22.2 Å². The second-order valence-electron chi connectivity index (χ2n) is 9.73. The number of pyridine rings is 1. The molecule has 0 radical (unpaired) electrons. The molecule has 1 amide bonds. The average Bonchev–Trinajstić information content (AvgIpc) is 3.42. The first-order chi connectivity index (χ1) is 20.0. The number of nitriles is 1. The number of carbonyl (C=O) groups is 1. The molecule has 0 saturated heterocycles. The summed E-state index contributed by atoms with van der Waals surface area (Å²) in [6, 6.07) is 16.1. The summed E-state index contributed by atoms with van der Waals surface area (Å²) in [5.41, 5.74) is 5.11. The largest absolute Gasteiger partial charge is 0.495 e. The van der Waals surface area contributed by atoms with E-state index in [1.165, 1.54) is 13.2 Å². The van der Waals surface area contributed by atoms with Crippen LogP contribution in [0.2, 0.25) is 0 Å². The molecule has 6 nitrogen and oxygen atoms in total. The molecule has 5 rings (SSSR count). The quantitative estimate of drug-likeness (QED) is 0.250. The molecule has 1 aliphatic rings. The van der Waals surface area contributed by atoms with Crippen molar-refractivity contribution in [2.75, 3.05) is 13.7 Å². The number of hydrogen-bond acceptors (Lipinski definition) is 4. The van der Waals surface area contributed by atoms with Gasteiger partial charge in [-0.2, -0.15) is 5.26 Å². The van der Waals surface area contributed by atoms with Crippen molar-refractivity contribution in [2.24, 2.45) is 5.92 Å². The molecule has 2 N–H and O–H groups in total. The average molecular weight is 557 g/mol. The highest BCUT2D eigenvalue weighted by atomic mass is 19.1. The zero-order valence-electron chi connectivity index (χ0n) is 25.0. The molecule has 2 heterocycles. The number of halogens is 1. The zero-order valence-corrected chi connectivity index (χ0v) is 25.0. The molecule has 7 heteroatoms. The molecule has 4 aromatic rings. The van der Waals surface area contributed by atoms with Crippen molar-refractivity contribution >= 4 is 16.8 Å². The Morgan fingerprint density at radius 3 is 2.51 bits per heavy atom. The van der Waals surface area contributed by atoms with Crippen LogP contribution in [0.15, 0.2) is 54.7 Å². The third-order valence-corrected chi connectivity index (χ3v) is 7.38. The predicted octanol–water partition coefficient (Wildman–Crippen LogP) is 8.31. The Bertz CT molecular complexity index is 1500. The Hall–Kier alpha value is -4.18. The van der Waals surface area contributed by atoms with E-state index in [0.717, 1.165) is 47.8 Å². The normalized spacial score (nSPS) is 16.0. The number of aromatic amines is 1. The first kappa shape index (κ1) is 31.3. The van der Waals surface area contributed by atoms with Gasteiger partial charge in [-0.1, -0.05) is 33.8 Å². The van der Waals surface area contributed by atoms with Crippen LogP contribution in [-0.2, 0) is 0 Å². The van der Waals surface area contributed by atoms with Gasteiger partial charge in [-0.05, 0) is 92.5 Å². The lowest BCUT2D eigenvalue weighted by Crippen LogP contribution is -2.31. The molecule has 0 spiro atoms. The van der Waals surface area contributed by atoms with Crippen LogP contribution in [0, 0.1) is 30.0 Å². The maximum atomic E-state index is 13.9. The van der Waals surface area contributed by atoms with E-state index in [4.69, 9.17) is 4.74 Å². The van der Waals surface area contributed by atoms with Gasteiger partial charge in [0, 0.05) is 29.4 Å². The number of benzene rings is 2. The summed E-state index contributed by atoms with van der Waals surface area (Å²) < 4.78 is 19.4. The number of methoxy groups -OCH3 is 1. The standard InChI is InChI=1S/C30H29FN4O2.2C2H6/c1-18-14-26(28(35-18)24-5-3-4-21(16-32)29(24)37-2)30(36)34-17-19-6-8-20(9-7-19)23-12-13-33-27-11-10-22(31)15-25(23)27;2*1-2/h3-5,10-15,19-20,35H,6-9,17H2,1-2H3,(H,34,36);2*1-2H3. The van der Waals surface area contributed by atoms with E-state index in [9.17, 15) is 14.4 Å². The van der Waals surface area contributed by atoms with Crippen LogP contribution >= 0.6 is 0 Å². The number of para-hydroxylation sites is 1. The maximum absolute atomic E-state index is 13.9. The number of nitrogens with one attached hydrogen (secondary N) is 2. The van der Waals surface area contributed by atoms with Crippen LogP contribution in [-0.4, -0.2) is 29.5 Å². The fraction of sp³-hybridized carbons (Fsp3) is 0.382. The number of ether oxygens (including phenoxy) is 1. The van der Waals surface area contributed by atoms with Crippen LogP contribution in [0.4, 0.5) is 4.39 Å². The summed E-state index contributed by atoms with van der Waals surface area (Å²) in [7, 11) is 1.52. The predicted molar refractivity (Wildman–Crippen MR) is 164 cm³/mol. The Kier molecular flexibility index (Phi) is 11.5. The number of rotatable bonds is 6. The van der Waals surface area contributed by atoms with Gasteiger partial charge in [-0.15, -0.1) is 0 Å². The summed E-state index contributed by atoms with van der Waals surface area (Å²) in [6.45, 7) is 10.5. The van der Waals surface area contributed by atoms with Crippen LogP contribution in [0.3, 0.4) is 0 Å². The van der Waals surface area contributed by atoms with E-state index in [2.05, 4.69) is 21.4 Å². The van der Waals surface area contributed by atoms with Gasteiger partial charge in [0.1, 0.15) is 17.6 Å². The monoisotopic (exact) mass is 556 g/mol. The third-order valence-electron chi connectivity index (χ3n) is 7.38. The van der Waals surface area contributed by atoms with Crippen molar-refractivity contribution in [2.45, 2.75) is 66.2 Å². The minimum absolute atomic E-state index is 0.151. The minimum atomic E-state index is -0.241. The van der Waals surface area contributed by atoms with Gasteiger partial charge < -0.3 is 15.0 Å². The molecule has 1 fully saturated rings. The van der Waals surface area contributed by atoms with Crippen molar-refractivity contribution in [1.29, 1.82) is 5.26 Å². The molecule has 1 saturated carbocycles. The molecular weight excluding hydrogens is 515 g/mol. The molecule has 41 heavy (non-hydrogen) atoms. The van der Waals surface area contributed by atoms with E-state index < -0.39 is 0 Å². The lowest BCUT2D eigenvalue weighted by atomic mass is 9.78. The van der Waals surface area contributed by atoms with E-state index >= 15 is 0 Å². The van der Waals surface area contributed by atoms with E-state index in [1.807, 2.05) is 52.8 Å². The fourth-order valence-electron chi connectivity index (χ4n) is 5.53. The lowest BCUT2D eigenvalue weighted by molar-refractivity contribution is 0.0943. The Balaban J connectivity index is 0.00000111. The smallest absolute Gasteiger partial charge is 0.253 e. The second-order valence-corrected chi connectivity index (χ2v) is 9.73. The van der Waals surface area contributed by atoms with Crippen LogP contribution in [0.5, 0.6) is 5.75 Å². The van der Waals surface area contributed by atoms with E-state index in [1.54, 1.807) is 30.5 Å². The minimum Gasteiger partial charge on any atom is -0.495 e. The molecule has 2 aromatic carbocycles.